The van der Waals surface area contributed by atoms with E-state index in [4.69, 9.17) is 44.3 Å². The molecule has 0 spiro atoms. The zero-order valence-electron chi connectivity index (χ0n) is 16.5. The van der Waals surface area contributed by atoms with Gasteiger partial charge in [-0.2, -0.15) is 5.10 Å². The van der Waals surface area contributed by atoms with Gasteiger partial charge in [0.2, 0.25) is 0 Å². The van der Waals surface area contributed by atoms with Gasteiger partial charge < -0.3 is 4.42 Å². The third-order valence-corrected chi connectivity index (χ3v) is 5.58. The average Bonchev–Trinajstić information content (AvgIpc) is 3.40. The van der Waals surface area contributed by atoms with Gasteiger partial charge in [-0.25, -0.2) is 9.67 Å². The molecule has 5 rings (SSSR count). The van der Waals surface area contributed by atoms with Gasteiger partial charge in [-0.3, -0.25) is 4.98 Å². The highest BCUT2D eigenvalue weighted by molar-refractivity contribution is 6.35. The number of rotatable bonds is 4. The van der Waals surface area contributed by atoms with Crippen LogP contribution in [0.15, 0.2) is 65.5 Å². The SMILES string of the molecule is Cc1c(-c2nnc(-c3cnccn3)o2)nn(-c2ccc(Cl)cc2Cl)c1-c1ccc(Cl)cc1. The van der Waals surface area contributed by atoms with Crippen LogP contribution in [0.3, 0.4) is 0 Å². The van der Waals surface area contributed by atoms with Crippen LogP contribution in [0.2, 0.25) is 15.1 Å². The molecule has 0 aliphatic heterocycles. The second-order valence-electron chi connectivity index (χ2n) is 6.84. The first-order valence-corrected chi connectivity index (χ1v) is 10.6. The second-order valence-corrected chi connectivity index (χ2v) is 8.12. The number of nitrogens with zero attached hydrogens (tertiary/aromatic N) is 6. The molecule has 158 valence electrons. The molecule has 0 bridgehead atoms. The third kappa shape index (κ3) is 3.75. The summed E-state index contributed by atoms with van der Waals surface area (Å²) in [5.41, 5.74) is 4.17. The minimum Gasteiger partial charge on any atom is -0.413 e. The van der Waals surface area contributed by atoms with Crippen LogP contribution in [0.5, 0.6) is 0 Å². The zero-order valence-corrected chi connectivity index (χ0v) is 18.8. The van der Waals surface area contributed by atoms with E-state index >= 15 is 0 Å². The van der Waals surface area contributed by atoms with Gasteiger partial charge in [0.05, 0.1) is 22.6 Å². The Morgan fingerprint density at radius 1 is 0.875 bits per heavy atom. The summed E-state index contributed by atoms with van der Waals surface area (Å²) in [5, 5.41) is 14.7. The van der Waals surface area contributed by atoms with Crippen LogP contribution in [0, 0.1) is 6.92 Å². The standard InChI is InChI=1S/C22H13Cl3N6O/c1-12-19(22-29-28-21(32-22)17-11-26-8-9-27-17)30-31(18-7-6-15(24)10-16(18)25)20(12)13-2-4-14(23)5-3-13/h2-11H,1H3. The van der Waals surface area contributed by atoms with Crippen LogP contribution in [0.4, 0.5) is 0 Å². The molecule has 10 heteroatoms. The molecule has 0 N–H and O–H groups in total. The van der Waals surface area contributed by atoms with Crippen molar-refractivity contribution < 1.29 is 4.42 Å². The maximum absolute atomic E-state index is 6.51. The first kappa shape index (κ1) is 20.6. The maximum atomic E-state index is 6.51. The minimum atomic E-state index is 0.250. The van der Waals surface area contributed by atoms with Crippen LogP contribution in [-0.4, -0.2) is 29.9 Å². The summed E-state index contributed by atoms with van der Waals surface area (Å²) in [6, 6.07) is 12.7. The molecule has 5 aromatic rings. The van der Waals surface area contributed by atoms with E-state index in [9.17, 15) is 0 Å². The summed E-state index contributed by atoms with van der Waals surface area (Å²) in [6.45, 7) is 1.93. The molecule has 0 atom stereocenters. The van der Waals surface area contributed by atoms with Gasteiger partial charge in [-0.15, -0.1) is 10.2 Å². The summed E-state index contributed by atoms with van der Waals surface area (Å²) in [6.07, 6.45) is 4.68. The lowest BCUT2D eigenvalue weighted by atomic mass is 10.1. The maximum Gasteiger partial charge on any atom is 0.268 e. The van der Waals surface area contributed by atoms with E-state index in [1.165, 1.54) is 0 Å². The molecular weight excluding hydrogens is 471 g/mol. The van der Waals surface area contributed by atoms with E-state index in [0.29, 0.717) is 32.1 Å². The fraction of sp³-hybridized carbons (Fsp3) is 0.0455. The lowest BCUT2D eigenvalue weighted by molar-refractivity contribution is 0.578. The second kappa shape index (κ2) is 8.35. The molecule has 3 heterocycles. The molecule has 0 unspecified atom stereocenters. The summed E-state index contributed by atoms with van der Waals surface area (Å²) < 4.78 is 7.60. The Hall–Kier alpha value is -3.26. The van der Waals surface area contributed by atoms with Crippen molar-refractivity contribution in [3.8, 4) is 40.1 Å². The average molecular weight is 484 g/mol. The fourth-order valence-electron chi connectivity index (χ4n) is 3.31. The highest BCUT2D eigenvalue weighted by atomic mass is 35.5. The summed E-state index contributed by atoms with van der Waals surface area (Å²) in [5.74, 6) is 0.502. The molecule has 0 aliphatic rings. The number of hydrogen-bond donors (Lipinski definition) is 0. The molecule has 3 aromatic heterocycles. The molecule has 32 heavy (non-hydrogen) atoms. The number of aromatic nitrogens is 6. The van der Waals surface area contributed by atoms with E-state index in [1.807, 2.05) is 31.2 Å². The Bertz CT molecular complexity index is 1410. The molecule has 0 aliphatic carbocycles. The molecule has 2 aromatic carbocycles. The largest absolute Gasteiger partial charge is 0.413 e. The van der Waals surface area contributed by atoms with Crippen molar-refractivity contribution in [2.75, 3.05) is 0 Å². The van der Waals surface area contributed by atoms with Crippen molar-refractivity contribution in [2.45, 2.75) is 6.92 Å². The first-order valence-electron chi connectivity index (χ1n) is 9.42. The quantitative estimate of drug-likeness (QED) is 0.298. The van der Waals surface area contributed by atoms with Crippen molar-refractivity contribution in [2.24, 2.45) is 0 Å². The Morgan fingerprint density at radius 2 is 1.62 bits per heavy atom. The summed E-state index contributed by atoms with van der Waals surface area (Å²) in [4.78, 5) is 8.23. The van der Waals surface area contributed by atoms with Crippen molar-refractivity contribution in [1.29, 1.82) is 0 Å². The number of benzene rings is 2. The zero-order chi connectivity index (χ0) is 22.2. The minimum absolute atomic E-state index is 0.250. The summed E-state index contributed by atoms with van der Waals surface area (Å²) >= 11 is 18.7. The molecular formula is C22H13Cl3N6O. The van der Waals surface area contributed by atoms with E-state index in [1.54, 1.807) is 41.5 Å². The smallest absolute Gasteiger partial charge is 0.268 e. The molecule has 0 fully saturated rings. The third-order valence-electron chi connectivity index (χ3n) is 4.79. The van der Waals surface area contributed by atoms with Gasteiger partial charge in [0, 0.05) is 33.6 Å². The van der Waals surface area contributed by atoms with Crippen LogP contribution in [-0.2, 0) is 0 Å². The van der Waals surface area contributed by atoms with Gasteiger partial charge in [0.25, 0.3) is 11.8 Å². The van der Waals surface area contributed by atoms with Crippen LogP contribution in [0.25, 0.3) is 40.1 Å². The fourth-order valence-corrected chi connectivity index (χ4v) is 3.92. The topological polar surface area (TPSA) is 82.5 Å². The van der Waals surface area contributed by atoms with Gasteiger partial charge in [-0.1, -0.05) is 46.9 Å². The molecule has 0 saturated carbocycles. The van der Waals surface area contributed by atoms with E-state index < -0.39 is 0 Å². The lowest BCUT2D eigenvalue weighted by Crippen LogP contribution is -2.00. The van der Waals surface area contributed by atoms with Crippen molar-refractivity contribution >= 4 is 34.8 Å². The van der Waals surface area contributed by atoms with E-state index in [-0.39, 0.29) is 11.8 Å². The van der Waals surface area contributed by atoms with Crippen molar-refractivity contribution in [3.05, 3.63) is 81.7 Å². The Balaban J connectivity index is 1.70. The number of hydrogen-bond acceptors (Lipinski definition) is 6. The van der Waals surface area contributed by atoms with Crippen LogP contribution >= 0.6 is 34.8 Å². The van der Waals surface area contributed by atoms with Gasteiger partial charge in [-0.05, 0) is 37.3 Å². The lowest BCUT2D eigenvalue weighted by Gasteiger charge is -2.11. The molecule has 7 nitrogen and oxygen atoms in total. The molecule has 0 radical (unpaired) electrons. The highest BCUT2D eigenvalue weighted by Gasteiger charge is 2.24. The van der Waals surface area contributed by atoms with Gasteiger partial charge >= 0.3 is 0 Å². The monoisotopic (exact) mass is 482 g/mol. The van der Waals surface area contributed by atoms with E-state index in [2.05, 4.69) is 20.2 Å². The normalized spacial score (nSPS) is 11.1. The molecule has 0 amide bonds. The van der Waals surface area contributed by atoms with E-state index in [0.717, 1.165) is 16.8 Å². The first-order chi connectivity index (χ1) is 15.5. The Kier molecular flexibility index (Phi) is 5.38. The molecule has 0 saturated heterocycles. The number of halogens is 3. The predicted molar refractivity (Wildman–Crippen MR) is 123 cm³/mol. The van der Waals surface area contributed by atoms with Crippen molar-refractivity contribution in [1.82, 2.24) is 29.9 Å². The van der Waals surface area contributed by atoms with Gasteiger partial charge in [0.1, 0.15) is 5.69 Å². The predicted octanol–water partition coefficient (Wildman–Crippen LogP) is 6.31. The van der Waals surface area contributed by atoms with Crippen LogP contribution < -0.4 is 0 Å². The summed E-state index contributed by atoms with van der Waals surface area (Å²) in [7, 11) is 0. The van der Waals surface area contributed by atoms with Gasteiger partial charge in [0.15, 0.2) is 5.69 Å². The Labute approximate surface area is 197 Å². The van der Waals surface area contributed by atoms with Crippen LogP contribution in [0.1, 0.15) is 5.56 Å². The van der Waals surface area contributed by atoms with Crippen molar-refractivity contribution in [3.63, 3.8) is 0 Å². The Morgan fingerprint density at radius 3 is 2.34 bits per heavy atom. The highest BCUT2D eigenvalue weighted by Crippen LogP contribution is 2.36.